The summed E-state index contributed by atoms with van der Waals surface area (Å²) in [5.41, 5.74) is 0.839. The zero-order chi connectivity index (χ0) is 19.4. The molecule has 2 heterocycles. The first kappa shape index (κ1) is 18.5. The average molecular weight is 381 g/mol. The third-order valence-electron chi connectivity index (χ3n) is 5.35. The number of carbonyl (C=O) groups is 1. The second-order valence-corrected chi connectivity index (χ2v) is 7.26. The van der Waals surface area contributed by atoms with Crippen molar-refractivity contribution in [3.63, 3.8) is 0 Å². The lowest BCUT2D eigenvalue weighted by Crippen LogP contribution is -2.50. The maximum Gasteiger partial charge on any atom is 0.222 e. The molecule has 2 aromatic rings. The van der Waals surface area contributed by atoms with Crippen LogP contribution in [0.1, 0.15) is 31.2 Å². The van der Waals surface area contributed by atoms with Crippen molar-refractivity contribution in [3.05, 3.63) is 59.9 Å². The number of rotatable bonds is 5. The monoisotopic (exact) mass is 381 g/mol. The van der Waals surface area contributed by atoms with Crippen molar-refractivity contribution >= 4 is 17.8 Å². The number of aliphatic imine (C=N–C) groups is 1. The molecule has 0 aliphatic carbocycles. The Morgan fingerprint density at radius 2 is 1.93 bits per heavy atom. The topological polar surface area (TPSA) is 53.9 Å². The van der Waals surface area contributed by atoms with Gasteiger partial charge in [0.1, 0.15) is 17.2 Å². The highest BCUT2D eigenvalue weighted by Crippen LogP contribution is 2.33. The number of benzene rings is 2. The number of fused-ring (bicyclic) bond motifs is 1. The van der Waals surface area contributed by atoms with E-state index in [1.807, 2.05) is 41.3 Å². The molecule has 28 heavy (non-hydrogen) atoms. The van der Waals surface area contributed by atoms with Gasteiger partial charge in [-0.2, -0.15) is 0 Å². The molecule has 0 radical (unpaired) electrons. The molecule has 1 spiro atoms. The van der Waals surface area contributed by atoms with Crippen molar-refractivity contribution in [1.29, 1.82) is 0 Å². The quantitative estimate of drug-likeness (QED) is 0.801. The standard InChI is InChI=1S/C22H24FN3O2/c23-19-8-4-9-20-18(19)16-24-22(25-20)11-13-26(14-12-22)21(27)10-5-15-28-17-6-2-1-3-7-17/h1-4,6-9,16,25H,5,10-15H2. The number of ether oxygens (including phenoxy) is 1. The van der Waals surface area contributed by atoms with Gasteiger partial charge in [-0.15, -0.1) is 0 Å². The number of nitrogens with one attached hydrogen (secondary N) is 1. The highest BCUT2D eigenvalue weighted by molar-refractivity contribution is 5.90. The van der Waals surface area contributed by atoms with E-state index >= 15 is 0 Å². The van der Waals surface area contributed by atoms with E-state index in [-0.39, 0.29) is 11.7 Å². The Kier molecular flexibility index (Phi) is 5.28. The van der Waals surface area contributed by atoms with Crippen LogP contribution in [0.5, 0.6) is 5.75 Å². The van der Waals surface area contributed by atoms with Crippen LogP contribution in [0.2, 0.25) is 0 Å². The lowest BCUT2D eigenvalue weighted by Gasteiger charge is -2.42. The number of carbonyl (C=O) groups excluding carboxylic acids is 1. The molecule has 0 aromatic heterocycles. The van der Waals surface area contributed by atoms with Crippen LogP contribution in [0, 0.1) is 5.82 Å². The van der Waals surface area contributed by atoms with Crippen LogP contribution >= 0.6 is 0 Å². The molecular weight excluding hydrogens is 357 g/mol. The summed E-state index contributed by atoms with van der Waals surface area (Å²) in [5, 5.41) is 3.39. The lowest BCUT2D eigenvalue weighted by molar-refractivity contribution is -0.132. The molecule has 2 aromatic carbocycles. The molecular formula is C22H24FN3O2. The van der Waals surface area contributed by atoms with Gasteiger partial charge in [0.25, 0.3) is 0 Å². The first-order valence-corrected chi connectivity index (χ1v) is 9.73. The maximum absolute atomic E-state index is 13.9. The highest BCUT2D eigenvalue weighted by atomic mass is 19.1. The van der Waals surface area contributed by atoms with Gasteiger partial charge < -0.3 is 15.0 Å². The number of hydrogen-bond donors (Lipinski definition) is 1. The van der Waals surface area contributed by atoms with Gasteiger partial charge in [-0.1, -0.05) is 24.3 Å². The molecule has 4 rings (SSSR count). The molecule has 0 bridgehead atoms. The van der Waals surface area contributed by atoms with Gasteiger partial charge in [-0.3, -0.25) is 9.79 Å². The number of hydrogen-bond acceptors (Lipinski definition) is 4. The average Bonchev–Trinajstić information content (AvgIpc) is 2.72. The Morgan fingerprint density at radius 3 is 2.71 bits per heavy atom. The lowest BCUT2D eigenvalue weighted by atomic mass is 9.94. The molecule has 6 heteroatoms. The van der Waals surface area contributed by atoms with Crippen molar-refractivity contribution in [2.75, 3.05) is 25.0 Å². The minimum absolute atomic E-state index is 0.151. The molecule has 5 nitrogen and oxygen atoms in total. The van der Waals surface area contributed by atoms with Crippen LogP contribution in [0.25, 0.3) is 0 Å². The largest absolute Gasteiger partial charge is 0.494 e. The van der Waals surface area contributed by atoms with E-state index in [9.17, 15) is 9.18 Å². The molecule has 1 saturated heterocycles. The summed E-state index contributed by atoms with van der Waals surface area (Å²) in [4.78, 5) is 19.0. The highest BCUT2D eigenvalue weighted by Gasteiger charge is 2.37. The van der Waals surface area contributed by atoms with Crippen LogP contribution in [0.4, 0.5) is 10.1 Å². The molecule has 2 aliphatic heterocycles. The third-order valence-corrected chi connectivity index (χ3v) is 5.35. The van der Waals surface area contributed by atoms with E-state index in [0.29, 0.717) is 50.9 Å². The molecule has 146 valence electrons. The Labute approximate surface area is 164 Å². The fourth-order valence-electron chi connectivity index (χ4n) is 3.72. The van der Waals surface area contributed by atoms with Gasteiger partial charge in [0.15, 0.2) is 0 Å². The molecule has 0 saturated carbocycles. The number of likely N-dealkylation sites (tertiary alicyclic amines) is 1. The van der Waals surface area contributed by atoms with Crippen LogP contribution in [0.15, 0.2) is 53.5 Å². The predicted molar refractivity (Wildman–Crippen MR) is 107 cm³/mol. The van der Waals surface area contributed by atoms with Crippen LogP contribution < -0.4 is 10.1 Å². The van der Waals surface area contributed by atoms with Crippen LogP contribution in [-0.4, -0.2) is 42.4 Å². The van der Waals surface area contributed by atoms with E-state index in [0.717, 1.165) is 11.4 Å². The fraction of sp³-hybridized carbons (Fsp3) is 0.364. The maximum atomic E-state index is 13.9. The number of piperidine rings is 1. The normalized spacial score (nSPS) is 17.1. The summed E-state index contributed by atoms with van der Waals surface area (Å²) in [7, 11) is 0. The number of amides is 1. The van der Waals surface area contributed by atoms with Crippen molar-refractivity contribution in [2.45, 2.75) is 31.3 Å². The van der Waals surface area contributed by atoms with E-state index in [4.69, 9.17) is 4.74 Å². The van der Waals surface area contributed by atoms with Crippen molar-refractivity contribution in [3.8, 4) is 5.75 Å². The van der Waals surface area contributed by atoms with Crippen molar-refractivity contribution in [1.82, 2.24) is 4.90 Å². The van der Waals surface area contributed by atoms with Crippen molar-refractivity contribution in [2.24, 2.45) is 4.99 Å². The van der Waals surface area contributed by atoms with Crippen LogP contribution in [0.3, 0.4) is 0 Å². The first-order valence-electron chi connectivity index (χ1n) is 9.73. The zero-order valence-electron chi connectivity index (χ0n) is 15.7. The van der Waals surface area contributed by atoms with E-state index in [2.05, 4.69) is 10.3 Å². The summed E-state index contributed by atoms with van der Waals surface area (Å²) in [6, 6.07) is 14.6. The van der Waals surface area contributed by atoms with Gasteiger partial charge in [0, 0.05) is 44.3 Å². The number of anilines is 1. The second kappa shape index (κ2) is 8.00. The Morgan fingerprint density at radius 1 is 1.14 bits per heavy atom. The van der Waals surface area contributed by atoms with Gasteiger partial charge in [0.05, 0.1) is 12.2 Å². The smallest absolute Gasteiger partial charge is 0.222 e. The zero-order valence-corrected chi connectivity index (χ0v) is 15.7. The second-order valence-electron chi connectivity index (χ2n) is 7.26. The Hall–Kier alpha value is -2.89. The van der Waals surface area contributed by atoms with E-state index < -0.39 is 5.66 Å². The molecule has 1 fully saturated rings. The van der Waals surface area contributed by atoms with Gasteiger partial charge >= 0.3 is 0 Å². The third kappa shape index (κ3) is 4.01. The summed E-state index contributed by atoms with van der Waals surface area (Å²) in [6.07, 6.45) is 4.22. The summed E-state index contributed by atoms with van der Waals surface area (Å²) in [6.45, 7) is 1.82. The Bertz CT molecular complexity index is 861. The van der Waals surface area contributed by atoms with Crippen LogP contribution in [-0.2, 0) is 4.79 Å². The predicted octanol–water partition coefficient (Wildman–Crippen LogP) is 3.85. The molecule has 0 unspecified atom stereocenters. The van der Waals surface area contributed by atoms with Gasteiger partial charge in [0.2, 0.25) is 5.91 Å². The summed E-state index contributed by atoms with van der Waals surface area (Å²) >= 11 is 0. The van der Waals surface area contributed by atoms with E-state index in [1.165, 1.54) is 6.07 Å². The molecule has 2 aliphatic rings. The fourth-order valence-corrected chi connectivity index (χ4v) is 3.72. The SMILES string of the molecule is O=C(CCCOc1ccccc1)N1CCC2(CC1)N=Cc1c(F)cccc1N2. The molecule has 0 atom stereocenters. The van der Waals surface area contributed by atoms with Gasteiger partial charge in [-0.25, -0.2) is 4.39 Å². The minimum atomic E-state index is -0.437. The van der Waals surface area contributed by atoms with E-state index in [1.54, 1.807) is 12.3 Å². The molecule has 1 N–H and O–H groups in total. The first-order chi connectivity index (χ1) is 13.7. The summed E-state index contributed by atoms with van der Waals surface area (Å²) < 4.78 is 19.5. The summed E-state index contributed by atoms with van der Waals surface area (Å²) in [5.74, 6) is 0.708. The van der Waals surface area contributed by atoms with Crippen molar-refractivity contribution < 1.29 is 13.9 Å². The van der Waals surface area contributed by atoms with Gasteiger partial charge in [-0.05, 0) is 30.7 Å². The molecule has 1 amide bonds. The minimum Gasteiger partial charge on any atom is -0.494 e. The number of nitrogens with zero attached hydrogens (tertiary/aromatic N) is 2. The number of halogens is 1. The number of para-hydroxylation sites is 1. The Balaban J connectivity index is 1.25.